The molecule has 0 aromatic carbocycles. The van der Waals surface area contributed by atoms with Crippen LogP contribution in [0.3, 0.4) is 0 Å². The van der Waals surface area contributed by atoms with Gasteiger partial charge in [0.1, 0.15) is 26.6 Å². The molecular weight excluding hydrogens is 390 g/mol. The summed E-state index contributed by atoms with van der Waals surface area (Å²) in [7, 11) is 0. The number of carbonyl (C=O) groups excluding carboxylic acids is 2. The monoisotopic (exact) mass is 403 g/mol. The molecule has 9 heteroatoms. The quantitative estimate of drug-likeness (QED) is 0.631. The third-order valence-electron chi connectivity index (χ3n) is 3.42. The fourth-order valence-electron chi connectivity index (χ4n) is 2.19. The molecule has 132 valence electrons. The first-order chi connectivity index (χ1) is 12.5. The summed E-state index contributed by atoms with van der Waals surface area (Å²) in [4.78, 5) is 30.1. The smallest absolute Gasteiger partial charge is 0.348 e. The maximum atomic E-state index is 12.5. The molecule has 6 nitrogen and oxygen atoms in total. The minimum Gasteiger partial charge on any atom is -0.462 e. The van der Waals surface area contributed by atoms with E-state index in [2.05, 4.69) is 10.3 Å². The van der Waals surface area contributed by atoms with Gasteiger partial charge >= 0.3 is 5.97 Å². The molecule has 0 radical (unpaired) electrons. The number of nitrogens with zero attached hydrogens (tertiary/aromatic N) is 2. The van der Waals surface area contributed by atoms with Crippen LogP contribution in [0.15, 0.2) is 22.9 Å². The second-order valence-electron chi connectivity index (χ2n) is 5.06. The number of thiophene rings is 2. The molecule has 3 heterocycles. The zero-order valence-electron chi connectivity index (χ0n) is 13.9. The van der Waals surface area contributed by atoms with E-state index in [4.69, 9.17) is 4.74 Å². The van der Waals surface area contributed by atoms with Crippen LogP contribution in [-0.2, 0) is 4.74 Å². The number of nitrogens with one attached hydrogen (secondary N) is 1. The van der Waals surface area contributed by atoms with Gasteiger partial charge in [-0.15, -0.1) is 34.0 Å². The number of carbonyl (C=O) groups is 2. The predicted octanol–water partition coefficient (Wildman–Crippen LogP) is 4.54. The lowest BCUT2D eigenvalue weighted by Gasteiger charge is -2.00. The molecule has 0 aliphatic heterocycles. The van der Waals surface area contributed by atoms with Gasteiger partial charge < -0.3 is 10.1 Å². The molecule has 3 aromatic heterocycles. The Bertz CT molecular complexity index is 997. The van der Waals surface area contributed by atoms with Gasteiger partial charge in [0, 0.05) is 5.38 Å². The first-order valence-corrected chi connectivity index (χ1v) is 10.1. The lowest BCUT2D eigenvalue weighted by Crippen LogP contribution is -2.12. The van der Waals surface area contributed by atoms with Crippen molar-refractivity contribution in [2.75, 3.05) is 11.9 Å². The minimum absolute atomic E-state index is 0.240. The third kappa shape index (κ3) is 3.53. The third-order valence-corrected chi connectivity index (χ3v) is 6.48. The molecule has 0 bridgehead atoms. The van der Waals surface area contributed by atoms with E-state index in [-0.39, 0.29) is 17.9 Å². The number of anilines is 1. The van der Waals surface area contributed by atoms with Gasteiger partial charge in [-0.05, 0) is 30.9 Å². The Morgan fingerprint density at radius 2 is 2.19 bits per heavy atom. The molecule has 0 aliphatic rings. The number of hydrogen-bond donors (Lipinski definition) is 1. The van der Waals surface area contributed by atoms with Crippen molar-refractivity contribution >= 4 is 50.9 Å². The molecule has 0 saturated heterocycles. The van der Waals surface area contributed by atoms with Crippen molar-refractivity contribution in [3.63, 3.8) is 0 Å². The lowest BCUT2D eigenvalue weighted by atomic mass is 10.2. The molecule has 0 fully saturated rings. The van der Waals surface area contributed by atoms with E-state index in [1.807, 2.05) is 23.6 Å². The largest absolute Gasteiger partial charge is 0.462 e. The highest BCUT2D eigenvalue weighted by Gasteiger charge is 2.23. The van der Waals surface area contributed by atoms with Crippen LogP contribution in [0.5, 0.6) is 0 Å². The lowest BCUT2D eigenvalue weighted by molar-refractivity contribution is 0.0531. The summed E-state index contributed by atoms with van der Waals surface area (Å²) in [6.07, 6.45) is 0. The van der Waals surface area contributed by atoms with Crippen molar-refractivity contribution in [3.8, 4) is 16.0 Å². The Kier molecular flexibility index (Phi) is 5.46. The molecule has 3 rings (SSSR count). The second kappa shape index (κ2) is 7.78. The van der Waals surface area contributed by atoms with Gasteiger partial charge in [0.05, 0.1) is 17.0 Å². The highest BCUT2D eigenvalue weighted by Crippen LogP contribution is 2.34. The summed E-state index contributed by atoms with van der Waals surface area (Å²) in [6.45, 7) is 3.61. The Morgan fingerprint density at radius 3 is 2.85 bits per heavy atom. The Balaban J connectivity index is 1.84. The number of amides is 1. The minimum atomic E-state index is -0.499. The van der Waals surface area contributed by atoms with Gasteiger partial charge in [0.15, 0.2) is 0 Å². The number of nitriles is 1. The summed E-state index contributed by atoms with van der Waals surface area (Å²) in [5.74, 6) is -0.919. The van der Waals surface area contributed by atoms with Gasteiger partial charge in [0.2, 0.25) is 0 Å². The molecule has 0 spiro atoms. The van der Waals surface area contributed by atoms with E-state index < -0.39 is 11.9 Å². The SMILES string of the molecule is CCOC(=O)c1sc(NC(=O)c2csc(-c3cccs3)n2)c(C#N)c1C. The number of aromatic nitrogens is 1. The van der Waals surface area contributed by atoms with E-state index >= 15 is 0 Å². The number of esters is 1. The van der Waals surface area contributed by atoms with Crippen molar-refractivity contribution in [1.29, 1.82) is 5.26 Å². The summed E-state index contributed by atoms with van der Waals surface area (Å²) < 4.78 is 5.00. The summed E-state index contributed by atoms with van der Waals surface area (Å²) in [5, 5.41) is 16.8. The first kappa shape index (κ1) is 18.3. The maximum absolute atomic E-state index is 12.5. The summed E-state index contributed by atoms with van der Waals surface area (Å²) >= 11 is 3.96. The van der Waals surface area contributed by atoms with Crippen molar-refractivity contribution in [2.45, 2.75) is 13.8 Å². The first-order valence-electron chi connectivity index (χ1n) is 7.56. The van der Waals surface area contributed by atoms with Crippen LogP contribution in [-0.4, -0.2) is 23.5 Å². The zero-order valence-corrected chi connectivity index (χ0v) is 16.3. The van der Waals surface area contributed by atoms with Crippen LogP contribution in [0.1, 0.15) is 38.2 Å². The molecular formula is C17H13N3O3S3. The molecule has 0 unspecified atom stereocenters. The Morgan fingerprint density at radius 1 is 1.38 bits per heavy atom. The molecule has 3 aromatic rings. The van der Waals surface area contributed by atoms with Crippen LogP contribution in [0.2, 0.25) is 0 Å². The van der Waals surface area contributed by atoms with Crippen LogP contribution in [0.4, 0.5) is 5.00 Å². The predicted molar refractivity (Wildman–Crippen MR) is 103 cm³/mol. The number of thiazole rings is 1. The van der Waals surface area contributed by atoms with Gasteiger partial charge in [-0.25, -0.2) is 9.78 Å². The maximum Gasteiger partial charge on any atom is 0.348 e. The molecule has 0 saturated carbocycles. The molecule has 26 heavy (non-hydrogen) atoms. The molecule has 1 N–H and O–H groups in total. The van der Waals surface area contributed by atoms with E-state index in [0.717, 1.165) is 21.2 Å². The molecule has 0 aliphatic carbocycles. The normalized spacial score (nSPS) is 10.3. The summed E-state index contributed by atoms with van der Waals surface area (Å²) in [6, 6.07) is 5.90. The van der Waals surface area contributed by atoms with E-state index in [1.54, 1.807) is 30.6 Å². The Labute approximate surface area is 161 Å². The van der Waals surface area contributed by atoms with E-state index in [0.29, 0.717) is 15.4 Å². The molecule has 0 atom stereocenters. The van der Waals surface area contributed by atoms with Crippen LogP contribution in [0, 0.1) is 18.3 Å². The molecule has 1 amide bonds. The Hall–Kier alpha value is -2.54. The van der Waals surface area contributed by atoms with Crippen molar-refractivity contribution in [3.05, 3.63) is 44.6 Å². The van der Waals surface area contributed by atoms with Crippen LogP contribution in [0.25, 0.3) is 9.88 Å². The number of ether oxygens (including phenoxy) is 1. The number of rotatable bonds is 5. The number of hydrogen-bond acceptors (Lipinski definition) is 8. The standard InChI is InChI=1S/C17H13N3O3S3/c1-3-23-17(22)13-9(2)10(7-18)15(26-13)20-14(21)11-8-25-16(19-11)12-5-4-6-24-12/h4-6,8H,3H2,1-2H3,(H,20,21). The van der Waals surface area contributed by atoms with Gasteiger partial charge in [0.25, 0.3) is 5.91 Å². The second-order valence-corrected chi connectivity index (χ2v) is 7.89. The van der Waals surface area contributed by atoms with Crippen molar-refractivity contribution < 1.29 is 14.3 Å². The topological polar surface area (TPSA) is 92.1 Å². The average Bonchev–Trinajstić information content (AvgIpc) is 3.35. The van der Waals surface area contributed by atoms with Gasteiger partial charge in [-0.2, -0.15) is 5.26 Å². The van der Waals surface area contributed by atoms with Crippen LogP contribution >= 0.6 is 34.0 Å². The van der Waals surface area contributed by atoms with Gasteiger partial charge in [-0.1, -0.05) is 6.07 Å². The highest BCUT2D eigenvalue weighted by atomic mass is 32.1. The van der Waals surface area contributed by atoms with Crippen LogP contribution < -0.4 is 5.32 Å². The van der Waals surface area contributed by atoms with E-state index in [1.165, 1.54) is 11.3 Å². The zero-order chi connectivity index (χ0) is 18.7. The fraction of sp³-hybridized carbons (Fsp3) is 0.176. The van der Waals surface area contributed by atoms with Crippen molar-refractivity contribution in [1.82, 2.24) is 4.98 Å². The summed E-state index contributed by atoms with van der Waals surface area (Å²) in [5.41, 5.74) is 1.04. The highest BCUT2D eigenvalue weighted by molar-refractivity contribution is 7.20. The van der Waals surface area contributed by atoms with E-state index in [9.17, 15) is 14.9 Å². The fourth-order valence-corrected chi connectivity index (χ4v) is 4.85. The average molecular weight is 404 g/mol. The van der Waals surface area contributed by atoms with Gasteiger partial charge in [-0.3, -0.25) is 4.79 Å². The van der Waals surface area contributed by atoms with Crippen molar-refractivity contribution in [2.24, 2.45) is 0 Å².